The van der Waals surface area contributed by atoms with E-state index in [1.807, 2.05) is 42.1 Å². The minimum atomic E-state index is -3.34. The topological polar surface area (TPSA) is 51.1 Å². The highest BCUT2D eigenvalue weighted by Gasteiger charge is 2.14. The third-order valence-corrected chi connectivity index (χ3v) is 5.26. The first-order chi connectivity index (χ1) is 8.08. The SMILES string of the molecule is Cc1ccc(S(=O)(=O)NCCn2cccc2)s1. The Morgan fingerprint density at radius 2 is 2.00 bits per heavy atom. The molecular weight excluding hydrogens is 256 g/mol. The summed E-state index contributed by atoms with van der Waals surface area (Å²) >= 11 is 1.29. The Hall–Kier alpha value is -1.11. The van der Waals surface area contributed by atoms with Crippen LogP contribution in [0.2, 0.25) is 0 Å². The Labute approximate surface area is 105 Å². The van der Waals surface area contributed by atoms with Crippen LogP contribution in [-0.4, -0.2) is 19.5 Å². The number of sulfonamides is 1. The van der Waals surface area contributed by atoms with Crippen LogP contribution in [0, 0.1) is 6.92 Å². The highest BCUT2D eigenvalue weighted by Crippen LogP contribution is 2.19. The van der Waals surface area contributed by atoms with Gasteiger partial charge in [-0.1, -0.05) is 0 Å². The van der Waals surface area contributed by atoms with Crippen molar-refractivity contribution in [2.75, 3.05) is 6.54 Å². The minimum Gasteiger partial charge on any atom is -0.353 e. The fourth-order valence-electron chi connectivity index (χ4n) is 1.46. The van der Waals surface area contributed by atoms with Crippen LogP contribution in [0.4, 0.5) is 0 Å². The second kappa shape index (κ2) is 5.03. The van der Waals surface area contributed by atoms with E-state index in [1.54, 1.807) is 6.07 Å². The Balaban J connectivity index is 1.94. The number of aromatic nitrogens is 1. The normalized spacial score (nSPS) is 11.8. The molecule has 17 heavy (non-hydrogen) atoms. The molecule has 6 heteroatoms. The van der Waals surface area contributed by atoms with Crippen LogP contribution in [0.1, 0.15) is 4.88 Å². The lowest BCUT2D eigenvalue weighted by Gasteiger charge is -2.05. The molecule has 0 amide bonds. The molecule has 2 aromatic rings. The quantitative estimate of drug-likeness (QED) is 0.901. The fraction of sp³-hybridized carbons (Fsp3) is 0.273. The Morgan fingerprint density at radius 1 is 1.29 bits per heavy atom. The molecule has 0 aliphatic rings. The molecule has 2 aromatic heterocycles. The standard InChI is InChI=1S/C11H14N2O2S2/c1-10-4-5-11(16-10)17(14,15)12-6-9-13-7-2-3-8-13/h2-5,7-8,12H,6,9H2,1H3. The third-order valence-electron chi connectivity index (χ3n) is 2.31. The van der Waals surface area contributed by atoms with Gasteiger partial charge >= 0.3 is 0 Å². The van der Waals surface area contributed by atoms with Crippen molar-refractivity contribution in [1.82, 2.24) is 9.29 Å². The molecule has 0 unspecified atom stereocenters. The zero-order valence-corrected chi connectivity index (χ0v) is 11.1. The lowest BCUT2D eigenvalue weighted by molar-refractivity contribution is 0.575. The maximum atomic E-state index is 11.9. The molecule has 2 heterocycles. The zero-order chi connectivity index (χ0) is 12.3. The van der Waals surface area contributed by atoms with Crippen LogP contribution in [-0.2, 0) is 16.6 Å². The molecule has 0 aliphatic carbocycles. The highest BCUT2D eigenvalue weighted by atomic mass is 32.2. The predicted molar refractivity (Wildman–Crippen MR) is 68.7 cm³/mol. The summed E-state index contributed by atoms with van der Waals surface area (Å²) in [6, 6.07) is 7.28. The summed E-state index contributed by atoms with van der Waals surface area (Å²) in [5, 5.41) is 0. The van der Waals surface area contributed by atoms with E-state index < -0.39 is 10.0 Å². The molecule has 0 aliphatic heterocycles. The molecule has 4 nitrogen and oxygen atoms in total. The van der Waals surface area contributed by atoms with Crippen LogP contribution in [0.3, 0.4) is 0 Å². The van der Waals surface area contributed by atoms with Crippen molar-refractivity contribution in [1.29, 1.82) is 0 Å². The molecule has 0 aromatic carbocycles. The predicted octanol–water partition coefficient (Wildman–Crippen LogP) is 1.84. The number of nitrogens with zero attached hydrogens (tertiary/aromatic N) is 1. The van der Waals surface area contributed by atoms with Gasteiger partial charge in [0.2, 0.25) is 10.0 Å². The van der Waals surface area contributed by atoms with E-state index in [0.717, 1.165) is 4.88 Å². The fourth-order valence-corrected chi connectivity index (χ4v) is 3.80. The van der Waals surface area contributed by atoms with Gasteiger partial charge in [-0.2, -0.15) is 0 Å². The second-order valence-electron chi connectivity index (χ2n) is 3.68. The van der Waals surface area contributed by atoms with Crippen LogP contribution < -0.4 is 4.72 Å². The minimum absolute atomic E-state index is 0.377. The zero-order valence-electron chi connectivity index (χ0n) is 9.46. The number of rotatable bonds is 5. The molecule has 0 spiro atoms. The number of nitrogens with one attached hydrogen (secondary N) is 1. The van der Waals surface area contributed by atoms with Crippen molar-refractivity contribution in [3.05, 3.63) is 41.5 Å². The Morgan fingerprint density at radius 3 is 2.59 bits per heavy atom. The van der Waals surface area contributed by atoms with E-state index in [0.29, 0.717) is 17.3 Å². The molecule has 92 valence electrons. The van der Waals surface area contributed by atoms with Gasteiger partial charge in [-0.05, 0) is 31.2 Å². The number of hydrogen-bond acceptors (Lipinski definition) is 3. The van der Waals surface area contributed by atoms with Crippen molar-refractivity contribution >= 4 is 21.4 Å². The van der Waals surface area contributed by atoms with Gasteiger partial charge in [0.05, 0.1) is 0 Å². The molecule has 0 atom stereocenters. The van der Waals surface area contributed by atoms with Gasteiger partial charge in [0.15, 0.2) is 0 Å². The van der Waals surface area contributed by atoms with Crippen molar-refractivity contribution in [2.45, 2.75) is 17.7 Å². The van der Waals surface area contributed by atoms with Gasteiger partial charge in [-0.25, -0.2) is 13.1 Å². The van der Waals surface area contributed by atoms with Crippen LogP contribution in [0.5, 0.6) is 0 Å². The molecule has 2 rings (SSSR count). The summed E-state index contributed by atoms with van der Waals surface area (Å²) in [6.07, 6.45) is 3.81. The average Bonchev–Trinajstić information content (AvgIpc) is 2.89. The third kappa shape index (κ3) is 3.18. The van der Waals surface area contributed by atoms with Gasteiger partial charge in [-0.15, -0.1) is 11.3 Å². The summed E-state index contributed by atoms with van der Waals surface area (Å²) in [5.41, 5.74) is 0. The second-order valence-corrected chi connectivity index (χ2v) is 6.97. The highest BCUT2D eigenvalue weighted by molar-refractivity contribution is 7.91. The molecule has 0 saturated heterocycles. The monoisotopic (exact) mass is 270 g/mol. The van der Waals surface area contributed by atoms with Gasteiger partial charge < -0.3 is 4.57 Å². The van der Waals surface area contributed by atoms with Gasteiger partial charge in [-0.3, -0.25) is 0 Å². The van der Waals surface area contributed by atoms with Crippen molar-refractivity contribution in [3.8, 4) is 0 Å². The summed E-state index contributed by atoms with van der Waals surface area (Å²) in [7, 11) is -3.34. The van der Waals surface area contributed by atoms with E-state index in [9.17, 15) is 8.42 Å². The lowest BCUT2D eigenvalue weighted by atomic mass is 10.5. The Kier molecular flexibility index (Phi) is 3.66. The smallest absolute Gasteiger partial charge is 0.250 e. The molecule has 0 saturated carbocycles. The number of thiophene rings is 1. The van der Waals surface area contributed by atoms with E-state index in [2.05, 4.69) is 4.72 Å². The van der Waals surface area contributed by atoms with Crippen molar-refractivity contribution < 1.29 is 8.42 Å². The molecule has 0 fully saturated rings. The van der Waals surface area contributed by atoms with Crippen LogP contribution in [0.15, 0.2) is 40.9 Å². The van der Waals surface area contributed by atoms with Gasteiger partial charge in [0, 0.05) is 30.4 Å². The Bertz CT molecular complexity index is 570. The first-order valence-corrected chi connectivity index (χ1v) is 7.55. The number of aryl methyl sites for hydroxylation is 1. The molecular formula is C11H14N2O2S2. The summed E-state index contributed by atoms with van der Waals surface area (Å²) in [4.78, 5) is 0.996. The van der Waals surface area contributed by atoms with Crippen molar-refractivity contribution in [3.63, 3.8) is 0 Å². The average molecular weight is 270 g/mol. The van der Waals surface area contributed by atoms with Gasteiger partial charge in [0.1, 0.15) is 4.21 Å². The summed E-state index contributed by atoms with van der Waals surface area (Å²) in [6.45, 7) is 2.92. The summed E-state index contributed by atoms with van der Waals surface area (Å²) in [5.74, 6) is 0. The van der Waals surface area contributed by atoms with Crippen molar-refractivity contribution in [2.24, 2.45) is 0 Å². The van der Waals surface area contributed by atoms with E-state index in [4.69, 9.17) is 0 Å². The molecule has 0 bridgehead atoms. The van der Waals surface area contributed by atoms with E-state index in [1.165, 1.54) is 11.3 Å². The first kappa shape index (κ1) is 12.3. The van der Waals surface area contributed by atoms with Crippen LogP contribution in [0.25, 0.3) is 0 Å². The molecule has 1 N–H and O–H groups in total. The maximum Gasteiger partial charge on any atom is 0.250 e. The summed E-state index contributed by atoms with van der Waals surface area (Å²) < 4.78 is 28.6. The maximum absolute atomic E-state index is 11.9. The first-order valence-electron chi connectivity index (χ1n) is 5.25. The van der Waals surface area contributed by atoms with E-state index >= 15 is 0 Å². The van der Waals surface area contributed by atoms with E-state index in [-0.39, 0.29) is 0 Å². The van der Waals surface area contributed by atoms with Crippen LogP contribution >= 0.6 is 11.3 Å². The number of hydrogen-bond donors (Lipinski definition) is 1. The lowest BCUT2D eigenvalue weighted by Crippen LogP contribution is -2.26. The van der Waals surface area contributed by atoms with Gasteiger partial charge in [0.25, 0.3) is 0 Å². The molecule has 0 radical (unpaired) electrons. The largest absolute Gasteiger partial charge is 0.353 e.